The summed E-state index contributed by atoms with van der Waals surface area (Å²) in [5, 5.41) is 0. The van der Waals surface area contributed by atoms with Crippen molar-refractivity contribution >= 4 is 21.4 Å². The van der Waals surface area contributed by atoms with E-state index in [0.717, 1.165) is 6.54 Å². The molecule has 1 heterocycles. The van der Waals surface area contributed by atoms with Crippen molar-refractivity contribution in [3.63, 3.8) is 0 Å². The average molecular weight is 270 g/mol. The van der Waals surface area contributed by atoms with Crippen molar-refractivity contribution in [3.05, 3.63) is 0 Å². The van der Waals surface area contributed by atoms with Gasteiger partial charge >= 0.3 is 0 Å². The van der Waals surface area contributed by atoms with Crippen LogP contribution in [0, 0.1) is 0 Å². The lowest BCUT2D eigenvalue weighted by molar-refractivity contribution is 0.00412. The van der Waals surface area contributed by atoms with Gasteiger partial charge in [0.15, 0.2) is 9.84 Å². The first-order valence-corrected chi connectivity index (χ1v) is 8.03. The number of hydrogen-bond donors (Lipinski definition) is 0. The van der Waals surface area contributed by atoms with E-state index in [0.29, 0.717) is 32.1 Å². The maximum Gasteiger partial charge on any atom is 0.151 e. The van der Waals surface area contributed by atoms with Crippen LogP contribution in [0.25, 0.3) is 0 Å². The lowest BCUT2D eigenvalue weighted by Crippen LogP contribution is -2.48. The van der Waals surface area contributed by atoms with Crippen LogP contribution in [-0.2, 0) is 14.6 Å². The Morgan fingerprint density at radius 2 is 2.19 bits per heavy atom. The van der Waals surface area contributed by atoms with Crippen LogP contribution in [0.3, 0.4) is 0 Å². The summed E-state index contributed by atoms with van der Waals surface area (Å²) in [6.07, 6.45) is 0.685. The van der Waals surface area contributed by atoms with Crippen molar-refractivity contribution in [2.45, 2.75) is 19.4 Å². The van der Waals surface area contributed by atoms with Gasteiger partial charge < -0.3 is 4.74 Å². The van der Waals surface area contributed by atoms with Crippen molar-refractivity contribution in [2.75, 3.05) is 43.7 Å². The minimum atomic E-state index is -2.89. The molecule has 0 bridgehead atoms. The molecule has 1 atom stereocenters. The number of hydrogen-bond acceptors (Lipinski definition) is 4. The predicted octanol–water partition coefficient (Wildman–Crippen LogP) is 0.751. The summed E-state index contributed by atoms with van der Waals surface area (Å²) in [4.78, 5) is 2.11. The van der Waals surface area contributed by atoms with Gasteiger partial charge in [-0.1, -0.05) is 6.92 Å². The molecule has 6 heteroatoms. The first kappa shape index (κ1) is 14.2. The number of ether oxygens (including phenoxy) is 1. The number of nitrogens with zero attached hydrogens (tertiary/aromatic N) is 1. The molecule has 0 radical (unpaired) electrons. The Morgan fingerprint density at radius 1 is 1.44 bits per heavy atom. The molecular formula is C10H20ClNO3S. The molecule has 1 aliphatic heterocycles. The number of halogens is 1. The molecule has 4 nitrogen and oxygen atoms in total. The summed E-state index contributed by atoms with van der Waals surface area (Å²) >= 11 is 5.82. The van der Waals surface area contributed by atoms with Gasteiger partial charge in [-0.05, 0) is 6.42 Å². The number of rotatable bonds is 6. The number of sulfone groups is 1. The van der Waals surface area contributed by atoms with Crippen molar-refractivity contribution < 1.29 is 13.2 Å². The molecule has 0 amide bonds. The lowest BCUT2D eigenvalue weighted by atomic mass is 10.2. The highest BCUT2D eigenvalue weighted by molar-refractivity contribution is 7.91. The molecule has 0 saturated carbocycles. The van der Waals surface area contributed by atoms with E-state index in [-0.39, 0.29) is 17.5 Å². The molecule has 0 N–H and O–H groups in total. The normalized spacial score (nSPS) is 23.5. The Bertz CT molecular complexity index is 294. The number of morpholine rings is 1. The van der Waals surface area contributed by atoms with Gasteiger partial charge in [0, 0.05) is 30.8 Å². The molecule has 0 spiro atoms. The Balaban J connectivity index is 2.41. The lowest BCUT2D eigenvalue weighted by Gasteiger charge is -2.34. The molecule has 0 aromatic carbocycles. The van der Waals surface area contributed by atoms with E-state index in [9.17, 15) is 8.42 Å². The fourth-order valence-electron chi connectivity index (χ4n) is 1.80. The minimum absolute atomic E-state index is 0.159. The minimum Gasteiger partial charge on any atom is -0.378 e. The van der Waals surface area contributed by atoms with Crippen LogP contribution < -0.4 is 0 Å². The molecule has 1 saturated heterocycles. The van der Waals surface area contributed by atoms with Crippen LogP contribution in [0.2, 0.25) is 0 Å². The molecule has 1 fully saturated rings. The van der Waals surface area contributed by atoms with Gasteiger partial charge in [0.25, 0.3) is 0 Å². The predicted molar refractivity (Wildman–Crippen MR) is 65.8 cm³/mol. The monoisotopic (exact) mass is 269 g/mol. The Labute approximate surface area is 103 Å². The average Bonchev–Trinajstić information content (AvgIpc) is 2.27. The van der Waals surface area contributed by atoms with E-state index in [1.54, 1.807) is 0 Å². The number of alkyl halides is 1. The third-order valence-electron chi connectivity index (χ3n) is 2.73. The zero-order valence-electron chi connectivity index (χ0n) is 9.69. The van der Waals surface area contributed by atoms with Crippen LogP contribution in [0.5, 0.6) is 0 Å². The smallest absolute Gasteiger partial charge is 0.151 e. The summed E-state index contributed by atoms with van der Waals surface area (Å²) in [5.41, 5.74) is 0. The third kappa shape index (κ3) is 4.57. The van der Waals surface area contributed by atoms with Crippen molar-refractivity contribution in [1.82, 2.24) is 4.90 Å². The summed E-state index contributed by atoms with van der Waals surface area (Å²) in [6, 6.07) is 0.159. The van der Waals surface area contributed by atoms with Gasteiger partial charge in [-0.2, -0.15) is 0 Å². The maximum atomic E-state index is 11.6. The molecule has 0 aliphatic carbocycles. The van der Waals surface area contributed by atoms with Gasteiger partial charge in [0.2, 0.25) is 0 Å². The van der Waals surface area contributed by atoms with E-state index in [2.05, 4.69) is 4.90 Å². The van der Waals surface area contributed by atoms with E-state index in [1.165, 1.54) is 0 Å². The van der Waals surface area contributed by atoms with Crippen LogP contribution in [-0.4, -0.2) is 63.0 Å². The Morgan fingerprint density at radius 3 is 2.81 bits per heavy atom. The molecule has 96 valence electrons. The van der Waals surface area contributed by atoms with Crippen molar-refractivity contribution in [3.8, 4) is 0 Å². The van der Waals surface area contributed by atoms with E-state index >= 15 is 0 Å². The fourth-order valence-corrected chi connectivity index (χ4v) is 3.42. The van der Waals surface area contributed by atoms with Crippen molar-refractivity contribution in [1.29, 1.82) is 0 Å². The van der Waals surface area contributed by atoms with E-state index < -0.39 is 9.84 Å². The second kappa shape index (κ2) is 6.79. The second-order valence-corrected chi connectivity index (χ2v) is 6.68. The van der Waals surface area contributed by atoms with Gasteiger partial charge in [-0.25, -0.2) is 8.42 Å². The first-order chi connectivity index (χ1) is 7.59. The maximum absolute atomic E-state index is 11.6. The van der Waals surface area contributed by atoms with Crippen LogP contribution in [0.4, 0.5) is 0 Å². The quantitative estimate of drug-likeness (QED) is 0.668. The topological polar surface area (TPSA) is 46.6 Å². The molecular weight excluding hydrogens is 250 g/mol. The van der Waals surface area contributed by atoms with Gasteiger partial charge in [-0.15, -0.1) is 11.6 Å². The highest BCUT2D eigenvalue weighted by atomic mass is 35.5. The van der Waals surface area contributed by atoms with E-state index in [4.69, 9.17) is 16.3 Å². The fraction of sp³-hybridized carbons (Fsp3) is 1.00. The van der Waals surface area contributed by atoms with Gasteiger partial charge in [0.05, 0.1) is 19.0 Å². The molecule has 1 rings (SSSR count). The summed E-state index contributed by atoms with van der Waals surface area (Å²) in [6.45, 7) is 4.51. The standard InChI is InChI=1S/C10H20ClNO3S/c1-2-6-16(13,14)7-4-12-3-5-15-9-10(12)8-11/h10H,2-9H2,1H3. The molecule has 16 heavy (non-hydrogen) atoms. The summed E-state index contributed by atoms with van der Waals surface area (Å²) in [5.74, 6) is 1.00. The summed E-state index contributed by atoms with van der Waals surface area (Å²) < 4.78 is 28.5. The Hall–Kier alpha value is 0.160. The third-order valence-corrected chi connectivity index (χ3v) is 4.92. The molecule has 0 aromatic heterocycles. The molecule has 1 aliphatic rings. The van der Waals surface area contributed by atoms with E-state index in [1.807, 2.05) is 6.92 Å². The SMILES string of the molecule is CCCS(=O)(=O)CCN1CCOCC1CCl. The molecule has 1 unspecified atom stereocenters. The highest BCUT2D eigenvalue weighted by Crippen LogP contribution is 2.09. The van der Waals surface area contributed by atoms with Gasteiger partial charge in [-0.3, -0.25) is 4.90 Å². The second-order valence-electron chi connectivity index (χ2n) is 4.07. The van der Waals surface area contributed by atoms with Gasteiger partial charge in [0.1, 0.15) is 0 Å². The Kier molecular flexibility index (Phi) is 6.03. The van der Waals surface area contributed by atoms with Crippen LogP contribution in [0.1, 0.15) is 13.3 Å². The highest BCUT2D eigenvalue weighted by Gasteiger charge is 2.23. The zero-order valence-corrected chi connectivity index (χ0v) is 11.3. The first-order valence-electron chi connectivity index (χ1n) is 5.67. The summed E-state index contributed by atoms with van der Waals surface area (Å²) in [7, 11) is -2.89. The zero-order chi connectivity index (χ0) is 12.0. The largest absolute Gasteiger partial charge is 0.378 e. The molecule has 0 aromatic rings. The van der Waals surface area contributed by atoms with Crippen molar-refractivity contribution in [2.24, 2.45) is 0 Å². The van der Waals surface area contributed by atoms with Crippen LogP contribution in [0.15, 0.2) is 0 Å². The van der Waals surface area contributed by atoms with Crippen LogP contribution >= 0.6 is 11.6 Å².